The van der Waals surface area contributed by atoms with Gasteiger partial charge < -0.3 is 14.4 Å². The number of nitrogens with zero attached hydrogens (tertiary/aromatic N) is 4. The molecule has 0 spiro atoms. The van der Waals surface area contributed by atoms with Crippen LogP contribution < -0.4 is 0 Å². The molecule has 0 aliphatic carbocycles. The highest BCUT2D eigenvalue weighted by atomic mass is 16.4. The van der Waals surface area contributed by atoms with E-state index in [9.17, 15) is 9.90 Å². The molecular formula is C17H22N4O3. The maximum atomic E-state index is 12.5. The highest BCUT2D eigenvalue weighted by Crippen LogP contribution is 2.19. The molecule has 0 saturated carbocycles. The number of phenols is 1. The first-order valence-corrected chi connectivity index (χ1v) is 8.16. The molecule has 1 aromatic heterocycles. The summed E-state index contributed by atoms with van der Waals surface area (Å²) in [5.41, 5.74) is 0.351. The van der Waals surface area contributed by atoms with E-state index in [1.54, 1.807) is 23.1 Å². The Balaban J connectivity index is 1.55. The summed E-state index contributed by atoms with van der Waals surface area (Å²) in [4.78, 5) is 16.4. The first-order valence-electron chi connectivity index (χ1n) is 8.16. The molecule has 1 aliphatic heterocycles. The minimum atomic E-state index is -0.132. The smallest absolute Gasteiger partial charge is 0.257 e. The van der Waals surface area contributed by atoms with Crippen molar-refractivity contribution in [3.63, 3.8) is 0 Å². The van der Waals surface area contributed by atoms with Gasteiger partial charge in [0.25, 0.3) is 5.91 Å². The molecule has 24 heavy (non-hydrogen) atoms. The molecule has 1 fully saturated rings. The number of piperazine rings is 1. The van der Waals surface area contributed by atoms with Crippen LogP contribution >= 0.6 is 0 Å². The van der Waals surface area contributed by atoms with E-state index in [0.29, 0.717) is 37.0 Å². The molecule has 0 bridgehead atoms. The average molecular weight is 330 g/mol. The number of benzene rings is 1. The Hall–Kier alpha value is -2.41. The third-order valence-corrected chi connectivity index (χ3v) is 4.13. The van der Waals surface area contributed by atoms with Crippen molar-refractivity contribution < 1.29 is 14.3 Å². The van der Waals surface area contributed by atoms with Crippen LogP contribution in [0.3, 0.4) is 0 Å². The summed E-state index contributed by atoms with van der Waals surface area (Å²) >= 11 is 0. The average Bonchev–Trinajstić information content (AvgIpc) is 3.04. The van der Waals surface area contributed by atoms with E-state index in [2.05, 4.69) is 15.1 Å². The molecule has 1 N–H and O–H groups in total. The third-order valence-electron chi connectivity index (χ3n) is 4.13. The number of amides is 1. The van der Waals surface area contributed by atoms with Crippen molar-refractivity contribution in [3.8, 4) is 5.75 Å². The van der Waals surface area contributed by atoms with Crippen LogP contribution in [0.1, 0.15) is 41.9 Å². The lowest BCUT2D eigenvalue weighted by Gasteiger charge is -2.34. The molecule has 128 valence electrons. The van der Waals surface area contributed by atoms with Crippen LogP contribution in [0, 0.1) is 0 Å². The molecule has 0 atom stereocenters. The fraction of sp³-hybridized carbons (Fsp3) is 0.471. The Morgan fingerprint density at radius 2 is 1.92 bits per heavy atom. The fourth-order valence-electron chi connectivity index (χ4n) is 2.69. The van der Waals surface area contributed by atoms with Gasteiger partial charge in [-0.05, 0) is 12.1 Å². The number of carbonyl (C=O) groups is 1. The SMILES string of the molecule is CC(C)c1nnc(CN2CCN(C(=O)c3ccccc3O)CC2)o1. The lowest BCUT2D eigenvalue weighted by Crippen LogP contribution is -2.48. The van der Waals surface area contributed by atoms with Crippen LogP contribution in [0.5, 0.6) is 5.75 Å². The van der Waals surface area contributed by atoms with E-state index < -0.39 is 0 Å². The molecule has 2 heterocycles. The first-order chi connectivity index (χ1) is 11.5. The van der Waals surface area contributed by atoms with Gasteiger partial charge >= 0.3 is 0 Å². The summed E-state index contributed by atoms with van der Waals surface area (Å²) in [6.07, 6.45) is 0. The van der Waals surface area contributed by atoms with Crippen LogP contribution in [0.4, 0.5) is 0 Å². The number of rotatable bonds is 4. The van der Waals surface area contributed by atoms with Gasteiger partial charge in [-0.15, -0.1) is 10.2 Å². The van der Waals surface area contributed by atoms with Gasteiger partial charge in [-0.2, -0.15) is 0 Å². The predicted octanol–water partition coefficient (Wildman–Crippen LogP) is 1.86. The number of hydrogen-bond donors (Lipinski definition) is 1. The Bertz CT molecular complexity index is 705. The number of phenolic OH excluding ortho intramolecular Hbond substituents is 1. The lowest BCUT2D eigenvalue weighted by atomic mass is 10.1. The second-order valence-corrected chi connectivity index (χ2v) is 6.27. The van der Waals surface area contributed by atoms with E-state index >= 15 is 0 Å². The largest absolute Gasteiger partial charge is 0.507 e. The normalized spacial score (nSPS) is 15.9. The van der Waals surface area contributed by atoms with Gasteiger partial charge in [-0.25, -0.2) is 0 Å². The third kappa shape index (κ3) is 3.56. The zero-order chi connectivity index (χ0) is 17.1. The zero-order valence-electron chi connectivity index (χ0n) is 14.0. The van der Waals surface area contributed by atoms with Gasteiger partial charge in [0.2, 0.25) is 11.8 Å². The molecular weight excluding hydrogens is 308 g/mol. The van der Waals surface area contributed by atoms with Gasteiger partial charge in [0.1, 0.15) is 5.75 Å². The van der Waals surface area contributed by atoms with E-state index in [-0.39, 0.29) is 17.6 Å². The Morgan fingerprint density at radius 1 is 1.21 bits per heavy atom. The van der Waals surface area contributed by atoms with Crippen molar-refractivity contribution >= 4 is 5.91 Å². The molecule has 1 aromatic carbocycles. The summed E-state index contributed by atoms with van der Waals surface area (Å²) in [5, 5.41) is 17.9. The van der Waals surface area contributed by atoms with Crippen LogP contribution in [0.25, 0.3) is 0 Å². The Kier molecular flexibility index (Phi) is 4.80. The molecule has 0 radical (unpaired) electrons. The molecule has 7 heteroatoms. The molecule has 2 aromatic rings. The van der Waals surface area contributed by atoms with Gasteiger partial charge in [0, 0.05) is 32.1 Å². The second kappa shape index (κ2) is 7.00. The van der Waals surface area contributed by atoms with Gasteiger partial charge in [0.15, 0.2) is 0 Å². The van der Waals surface area contributed by atoms with E-state index in [4.69, 9.17) is 4.42 Å². The monoisotopic (exact) mass is 330 g/mol. The standard InChI is InChI=1S/C17H22N4O3/c1-12(2)16-19-18-15(24-16)11-20-7-9-21(10-8-20)17(23)13-5-3-4-6-14(13)22/h3-6,12,22H,7-11H2,1-2H3. The second-order valence-electron chi connectivity index (χ2n) is 6.27. The van der Waals surface area contributed by atoms with Crippen molar-refractivity contribution in [3.05, 3.63) is 41.6 Å². The minimum absolute atomic E-state index is 0.0250. The van der Waals surface area contributed by atoms with Crippen LogP contribution in [0.15, 0.2) is 28.7 Å². The van der Waals surface area contributed by atoms with Crippen molar-refractivity contribution in [1.29, 1.82) is 0 Å². The summed E-state index contributed by atoms with van der Waals surface area (Å²) in [7, 11) is 0. The number of aromatic nitrogens is 2. The number of carbonyl (C=O) groups excluding carboxylic acids is 1. The maximum absolute atomic E-state index is 12.5. The fourth-order valence-corrected chi connectivity index (χ4v) is 2.69. The van der Waals surface area contributed by atoms with Gasteiger partial charge in [0.05, 0.1) is 12.1 Å². The van der Waals surface area contributed by atoms with Crippen molar-refractivity contribution in [2.45, 2.75) is 26.3 Å². The van der Waals surface area contributed by atoms with Crippen LogP contribution in [-0.4, -0.2) is 57.2 Å². The molecule has 3 rings (SSSR count). The van der Waals surface area contributed by atoms with E-state index in [0.717, 1.165) is 13.1 Å². The molecule has 1 amide bonds. The Labute approximate surface area is 140 Å². The molecule has 1 aliphatic rings. The zero-order valence-corrected chi connectivity index (χ0v) is 14.0. The van der Waals surface area contributed by atoms with Crippen LogP contribution in [0.2, 0.25) is 0 Å². The predicted molar refractivity (Wildman–Crippen MR) is 87.7 cm³/mol. The lowest BCUT2D eigenvalue weighted by molar-refractivity contribution is 0.0614. The van der Waals surface area contributed by atoms with Crippen molar-refractivity contribution in [1.82, 2.24) is 20.0 Å². The highest BCUT2D eigenvalue weighted by Gasteiger charge is 2.24. The summed E-state index contributed by atoms with van der Waals surface area (Å²) in [6.45, 7) is 7.31. The number of aromatic hydroxyl groups is 1. The van der Waals surface area contributed by atoms with E-state index in [1.165, 1.54) is 6.07 Å². The maximum Gasteiger partial charge on any atom is 0.257 e. The number of hydrogen-bond acceptors (Lipinski definition) is 6. The van der Waals surface area contributed by atoms with E-state index in [1.807, 2.05) is 13.8 Å². The summed E-state index contributed by atoms with van der Waals surface area (Å²) < 4.78 is 5.63. The minimum Gasteiger partial charge on any atom is -0.507 e. The van der Waals surface area contributed by atoms with Gasteiger partial charge in [-0.3, -0.25) is 9.69 Å². The molecule has 1 saturated heterocycles. The molecule has 7 nitrogen and oxygen atoms in total. The summed E-state index contributed by atoms with van der Waals surface area (Å²) in [6, 6.07) is 6.65. The first kappa shape index (κ1) is 16.4. The van der Waals surface area contributed by atoms with Crippen LogP contribution in [-0.2, 0) is 6.54 Å². The van der Waals surface area contributed by atoms with Crippen molar-refractivity contribution in [2.24, 2.45) is 0 Å². The van der Waals surface area contributed by atoms with Crippen molar-refractivity contribution in [2.75, 3.05) is 26.2 Å². The summed E-state index contributed by atoms with van der Waals surface area (Å²) in [5.74, 6) is 1.38. The molecule has 0 unspecified atom stereocenters. The highest BCUT2D eigenvalue weighted by molar-refractivity contribution is 5.96. The number of para-hydroxylation sites is 1. The quantitative estimate of drug-likeness (QED) is 0.921. The topological polar surface area (TPSA) is 82.7 Å². The van der Waals surface area contributed by atoms with Gasteiger partial charge in [-0.1, -0.05) is 26.0 Å². The Morgan fingerprint density at radius 3 is 2.54 bits per heavy atom.